The second-order valence-electron chi connectivity index (χ2n) is 6.72. The molecule has 6 nitrogen and oxygen atoms in total. The summed E-state index contributed by atoms with van der Waals surface area (Å²) in [7, 11) is -3.12. The molecule has 2 bridgehead atoms. The molecule has 3 aliphatic rings. The molecule has 2 unspecified atom stereocenters. The lowest BCUT2D eigenvalue weighted by Gasteiger charge is -2.35. The molecular weight excluding hydrogens is 290 g/mol. The van der Waals surface area contributed by atoms with Gasteiger partial charge in [-0.2, -0.15) is 4.31 Å². The summed E-state index contributed by atoms with van der Waals surface area (Å²) in [6.07, 6.45) is 6.60. The molecule has 1 N–H and O–H groups in total. The fourth-order valence-electron chi connectivity index (χ4n) is 3.99. The maximum atomic E-state index is 12.4. The predicted octanol–water partition coefficient (Wildman–Crippen LogP) is 0.0109. The third-order valence-corrected chi connectivity index (χ3v) is 6.40. The summed E-state index contributed by atoms with van der Waals surface area (Å²) in [5.74, 6) is 0.707. The zero-order valence-corrected chi connectivity index (χ0v) is 13.4. The van der Waals surface area contributed by atoms with Crippen molar-refractivity contribution in [1.29, 1.82) is 0 Å². The molecule has 3 aliphatic heterocycles. The van der Waals surface area contributed by atoms with Crippen LogP contribution in [0, 0.1) is 5.92 Å². The van der Waals surface area contributed by atoms with Gasteiger partial charge in [-0.15, -0.1) is 0 Å². The van der Waals surface area contributed by atoms with Crippen molar-refractivity contribution in [2.24, 2.45) is 5.92 Å². The first-order chi connectivity index (χ1) is 9.91. The molecule has 0 spiro atoms. The Morgan fingerprint density at radius 2 is 1.67 bits per heavy atom. The highest BCUT2D eigenvalue weighted by molar-refractivity contribution is 7.88. The molecule has 0 radical (unpaired) electrons. The maximum Gasteiger partial charge on any atom is 0.222 e. The zero-order valence-electron chi connectivity index (χ0n) is 12.6. The van der Waals surface area contributed by atoms with Crippen LogP contribution >= 0.6 is 0 Å². The molecular formula is C14H25N3O3S. The summed E-state index contributed by atoms with van der Waals surface area (Å²) in [6.45, 7) is 1.93. The van der Waals surface area contributed by atoms with Crippen LogP contribution in [0.15, 0.2) is 0 Å². The van der Waals surface area contributed by atoms with Crippen molar-refractivity contribution in [3.8, 4) is 0 Å². The third kappa shape index (κ3) is 3.57. The van der Waals surface area contributed by atoms with Crippen molar-refractivity contribution < 1.29 is 13.2 Å². The zero-order chi connectivity index (χ0) is 15.0. The molecule has 120 valence electrons. The topological polar surface area (TPSA) is 69.7 Å². The summed E-state index contributed by atoms with van der Waals surface area (Å²) in [5.41, 5.74) is 0. The lowest BCUT2D eigenvalue weighted by Crippen LogP contribution is -2.50. The van der Waals surface area contributed by atoms with E-state index in [2.05, 4.69) is 5.32 Å². The Morgan fingerprint density at radius 3 is 2.19 bits per heavy atom. The van der Waals surface area contributed by atoms with Gasteiger partial charge in [-0.1, -0.05) is 0 Å². The molecule has 3 saturated heterocycles. The lowest BCUT2D eigenvalue weighted by molar-refractivity contribution is -0.133. The van der Waals surface area contributed by atoms with Crippen LogP contribution in [0.2, 0.25) is 0 Å². The van der Waals surface area contributed by atoms with Crippen molar-refractivity contribution in [2.45, 2.75) is 44.2 Å². The molecule has 1 amide bonds. The van der Waals surface area contributed by atoms with Gasteiger partial charge in [-0.25, -0.2) is 8.42 Å². The van der Waals surface area contributed by atoms with Crippen LogP contribution in [-0.2, 0) is 14.8 Å². The van der Waals surface area contributed by atoms with Crippen LogP contribution in [0.4, 0.5) is 0 Å². The SMILES string of the molecule is CS(=O)(=O)N1CCN(C(=O)CC2CC3CCC(C2)N3)CC1. The van der Waals surface area contributed by atoms with Gasteiger partial charge in [0.15, 0.2) is 0 Å². The Kier molecular flexibility index (Phi) is 4.25. The Morgan fingerprint density at radius 1 is 1.10 bits per heavy atom. The average Bonchev–Trinajstić information content (AvgIpc) is 2.77. The molecule has 3 heterocycles. The van der Waals surface area contributed by atoms with Crippen LogP contribution in [0.25, 0.3) is 0 Å². The van der Waals surface area contributed by atoms with Gasteiger partial charge in [-0.05, 0) is 31.6 Å². The predicted molar refractivity (Wildman–Crippen MR) is 80.3 cm³/mol. The van der Waals surface area contributed by atoms with E-state index in [1.165, 1.54) is 23.4 Å². The van der Waals surface area contributed by atoms with Crippen LogP contribution in [0.1, 0.15) is 32.1 Å². The van der Waals surface area contributed by atoms with E-state index >= 15 is 0 Å². The number of nitrogens with one attached hydrogen (secondary N) is 1. The van der Waals surface area contributed by atoms with E-state index in [1.54, 1.807) is 0 Å². The quantitative estimate of drug-likeness (QED) is 0.796. The van der Waals surface area contributed by atoms with Crippen molar-refractivity contribution in [3.05, 3.63) is 0 Å². The molecule has 3 fully saturated rings. The second kappa shape index (κ2) is 5.85. The second-order valence-corrected chi connectivity index (χ2v) is 8.70. The molecule has 0 aliphatic carbocycles. The highest BCUT2D eigenvalue weighted by Crippen LogP contribution is 2.33. The van der Waals surface area contributed by atoms with E-state index < -0.39 is 10.0 Å². The van der Waals surface area contributed by atoms with Gasteiger partial charge in [0.2, 0.25) is 15.9 Å². The van der Waals surface area contributed by atoms with E-state index in [-0.39, 0.29) is 5.91 Å². The van der Waals surface area contributed by atoms with Crippen molar-refractivity contribution >= 4 is 15.9 Å². The number of sulfonamides is 1. The number of carbonyl (C=O) groups excluding carboxylic acids is 1. The monoisotopic (exact) mass is 315 g/mol. The Labute approximate surface area is 126 Å². The van der Waals surface area contributed by atoms with E-state index in [0.717, 1.165) is 12.8 Å². The average molecular weight is 315 g/mol. The van der Waals surface area contributed by atoms with Crippen LogP contribution in [-0.4, -0.2) is 68.0 Å². The van der Waals surface area contributed by atoms with E-state index in [0.29, 0.717) is 50.6 Å². The summed E-state index contributed by atoms with van der Waals surface area (Å²) in [6, 6.07) is 1.23. The van der Waals surface area contributed by atoms with Crippen molar-refractivity contribution in [3.63, 3.8) is 0 Å². The summed E-state index contributed by atoms with van der Waals surface area (Å²) in [5, 5.41) is 3.60. The van der Waals surface area contributed by atoms with Crippen LogP contribution in [0.5, 0.6) is 0 Å². The summed E-state index contributed by atoms with van der Waals surface area (Å²) >= 11 is 0. The van der Waals surface area contributed by atoms with Gasteiger partial charge in [0, 0.05) is 44.7 Å². The minimum absolute atomic E-state index is 0.203. The molecule has 2 atom stereocenters. The fourth-order valence-corrected chi connectivity index (χ4v) is 4.81. The van der Waals surface area contributed by atoms with E-state index in [9.17, 15) is 13.2 Å². The number of rotatable bonds is 3. The smallest absolute Gasteiger partial charge is 0.222 e. The molecule has 0 aromatic carbocycles. The minimum Gasteiger partial charge on any atom is -0.340 e. The number of amides is 1. The normalized spacial score (nSPS) is 34.1. The van der Waals surface area contributed by atoms with Gasteiger partial charge in [0.1, 0.15) is 0 Å². The molecule has 0 aromatic rings. The van der Waals surface area contributed by atoms with Gasteiger partial charge < -0.3 is 10.2 Å². The Bertz CT molecular complexity index is 488. The maximum absolute atomic E-state index is 12.4. The Balaban J connectivity index is 1.48. The van der Waals surface area contributed by atoms with E-state index in [4.69, 9.17) is 0 Å². The standard InChI is InChI=1S/C14H25N3O3S/c1-21(19,20)17-6-4-16(5-7-17)14(18)10-11-8-12-2-3-13(9-11)15-12/h11-13,15H,2-10H2,1H3. The number of fused-ring (bicyclic) bond motifs is 2. The van der Waals surface area contributed by atoms with Gasteiger partial charge in [-0.3, -0.25) is 4.79 Å². The van der Waals surface area contributed by atoms with Gasteiger partial charge in [0.05, 0.1) is 6.26 Å². The number of hydrogen-bond donors (Lipinski definition) is 1. The first-order valence-electron chi connectivity index (χ1n) is 7.91. The number of hydrogen-bond acceptors (Lipinski definition) is 4. The fraction of sp³-hybridized carbons (Fsp3) is 0.929. The van der Waals surface area contributed by atoms with Crippen LogP contribution in [0.3, 0.4) is 0 Å². The number of piperidine rings is 1. The minimum atomic E-state index is -3.12. The Hall–Kier alpha value is -0.660. The number of piperazine rings is 1. The highest BCUT2D eigenvalue weighted by Gasteiger charge is 2.35. The molecule has 0 aromatic heterocycles. The summed E-state index contributed by atoms with van der Waals surface area (Å²) < 4.78 is 24.4. The number of nitrogens with zero attached hydrogens (tertiary/aromatic N) is 2. The summed E-state index contributed by atoms with van der Waals surface area (Å²) in [4.78, 5) is 14.2. The first-order valence-corrected chi connectivity index (χ1v) is 9.75. The molecule has 7 heteroatoms. The van der Waals surface area contributed by atoms with Gasteiger partial charge >= 0.3 is 0 Å². The van der Waals surface area contributed by atoms with Crippen molar-refractivity contribution in [1.82, 2.24) is 14.5 Å². The highest BCUT2D eigenvalue weighted by atomic mass is 32.2. The number of carbonyl (C=O) groups is 1. The van der Waals surface area contributed by atoms with Crippen molar-refractivity contribution in [2.75, 3.05) is 32.4 Å². The van der Waals surface area contributed by atoms with Crippen LogP contribution < -0.4 is 5.32 Å². The molecule has 0 saturated carbocycles. The largest absolute Gasteiger partial charge is 0.340 e. The first kappa shape index (κ1) is 15.2. The lowest BCUT2D eigenvalue weighted by atomic mass is 9.89. The van der Waals surface area contributed by atoms with E-state index in [1.807, 2.05) is 4.90 Å². The molecule has 21 heavy (non-hydrogen) atoms. The third-order valence-electron chi connectivity index (χ3n) is 5.09. The van der Waals surface area contributed by atoms with Gasteiger partial charge in [0.25, 0.3) is 0 Å². The molecule has 3 rings (SSSR count).